The van der Waals surface area contributed by atoms with E-state index in [-0.39, 0.29) is 12.2 Å². The Morgan fingerprint density at radius 1 is 1.50 bits per heavy atom. The van der Waals surface area contributed by atoms with Crippen LogP contribution in [0.1, 0.15) is 23.4 Å². The van der Waals surface area contributed by atoms with Crippen LogP contribution in [0.15, 0.2) is 22.7 Å². The van der Waals surface area contributed by atoms with Crippen LogP contribution in [0, 0.1) is 0 Å². The fourth-order valence-electron chi connectivity index (χ4n) is 1.29. The van der Waals surface area contributed by atoms with E-state index in [2.05, 4.69) is 15.9 Å². The molecule has 3 nitrogen and oxygen atoms in total. The van der Waals surface area contributed by atoms with Crippen LogP contribution < -0.4 is 0 Å². The van der Waals surface area contributed by atoms with Crippen LogP contribution in [0.3, 0.4) is 0 Å². The molecule has 1 aromatic carbocycles. The lowest BCUT2D eigenvalue weighted by atomic mass is 10.0. The average Bonchev–Trinajstić information content (AvgIpc) is 2.19. The van der Waals surface area contributed by atoms with Crippen molar-refractivity contribution >= 4 is 39.3 Å². The smallest absolute Gasteiger partial charge is 0.307 e. The zero-order valence-corrected chi connectivity index (χ0v) is 10.9. The molecule has 0 aliphatic carbocycles. The second-order valence-electron chi connectivity index (χ2n) is 3.40. The molecule has 0 radical (unpaired) electrons. The van der Waals surface area contributed by atoms with E-state index in [1.807, 2.05) is 0 Å². The van der Waals surface area contributed by atoms with Crippen molar-refractivity contribution in [2.24, 2.45) is 0 Å². The lowest BCUT2D eigenvalue weighted by Crippen LogP contribution is -2.05. The van der Waals surface area contributed by atoms with Crippen molar-refractivity contribution in [1.29, 1.82) is 0 Å². The molecular formula is C11H10BrClO3. The molecule has 16 heavy (non-hydrogen) atoms. The highest BCUT2D eigenvalue weighted by atomic mass is 79.9. The third-order valence-corrected chi connectivity index (χ3v) is 3.31. The molecule has 86 valence electrons. The van der Waals surface area contributed by atoms with Gasteiger partial charge in [0.25, 0.3) is 0 Å². The molecule has 5 heteroatoms. The van der Waals surface area contributed by atoms with Crippen molar-refractivity contribution in [2.75, 3.05) is 0 Å². The summed E-state index contributed by atoms with van der Waals surface area (Å²) in [6.45, 7) is 1.40. The molecule has 1 N–H and O–H groups in total. The average molecular weight is 306 g/mol. The minimum Gasteiger partial charge on any atom is -0.481 e. The Kier molecular flexibility index (Phi) is 4.50. The molecular weight excluding hydrogens is 295 g/mol. The number of carboxylic acid groups (broad SMARTS) is 1. The third-order valence-electron chi connectivity index (χ3n) is 2.05. The summed E-state index contributed by atoms with van der Waals surface area (Å²) in [6, 6.07) is 5.02. The number of carbonyl (C=O) groups excluding carboxylic acids is 1. The van der Waals surface area contributed by atoms with Gasteiger partial charge < -0.3 is 5.11 Å². The molecule has 0 fully saturated rings. The largest absolute Gasteiger partial charge is 0.481 e. The van der Waals surface area contributed by atoms with Gasteiger partial charge in [-0.25, -0.2) is 0 Å². The first-order valence-electron chi connectivity index (χ1n) is 4.56. The molecule has 1 aromatic rings. The van der Waals surface area contributed by atoms with Gasteiger partial charge in [-0.05, 0) is 24.1 Å². The van der Waals surface area contributed by atoms with E-state index in [0.29, 0.717) is 15.6 Å². The summed E-state index contributed by atoms with van der Waals surface area (Å²) in [4.78, 5) is 21.7. The van der Waals surface area contributed by atoms with Gasteiger partial charge >= 0.3 is 5.97 Å². The van der Waals surface area contributed by atoms with E-state index >= 15 is 0 Å². The number of rotatable bonds is 4. The van der Waals surface area contributed by atoms with E-state index in [9.17, 15) is 9.59 Å². The number of Topliss-reactive ketones (excluding diaryl/α,β-unsaturated/α-hetero) is 1. The summed E-state index contributed by atoms with van der Waals surface area (Å²) in [5.41, 5.74) is 1.23. The topological polar surface area (TPSA) is 54.4 Å². The SMILES string of the molecule is CC(=O)C(Cl)c1cc(CC(=O)O)ccc1Br. The second-order valence-corrected chi connectivity index (χ2v) is 4.69. The zero-order valence-electron chi connectivity index (χ0n) is 8.54. The first kappa shape index (κ1) is 13.2. The number of ketones is 1. The van der Waals surface area contributed by atoms with Crippen LogP contribution in [0.25, 0.3) is 0 Å². The molecule has 0 bridgehead atoms. The standard InChI is InChI=1S/C11H10BrClO3/c1-6(14)11(13)8-4-7(5-10(15)16)2-3-9(8)12/h2-4,11H,5H2,1H3,(H,15,16). The number of carboxylic acids is 1. The molecule has 0 amide bonds. The zero-order chi connectivity index (χ0) is 12.3. The van der Waals surface area contributed by atoms with Crippen LogP contribution in [0.2, 0.25) is 0 Å². The van der Waals surface area contributed by atoms with Crippen LogP contribution in [0.5, 0.6) is 0 Å². The number of hydrogen-bond donors (Lipinski definition) is 1. The van der Waals surface area contributed by atoms with Crippen molar-refractivity contribution in [1.82, 2.24) is 0 Å². The third kappa shape index (κ3) is 3.32. The molecule has 1 rings (SSSR count). The Morgan fingerprint density at radius 2 is 2.12 bits per heavy atom. The van der Waals surface area contributed by atoms with Gasteiger partial charge in [0, 0.05) is 4.47 Å². The second kappa shape index (κ2) is 5.46. The summed E-state index contributed by atoms with van der Waals surface area (Å²) in [7, 11) is 0. The quantitative estimate of drug-likeness (QED) is 0.870. The summed E-state index contributed by atoms with van der Waals surface area (Å²) in [5, 5.41) is 7.92. The highest BCUT2D eigenvalue weighted by Crippen LogP contribution is 2.29. The molecule has 0 saturated carbocycles. The summed E-state index contributed by atoms with van der Waals surface area (Å²) in [6.07, 6.45) is -0.0816. The number of aliphatic carboxylic acids is 1. The first-order chi connectivity index (χ1) is 7.41. The Morgan fingerprint density at radius 3 is 2.62 bits per heavy atom. The fraction of sp³-hybridized carbons (Fsp3) is 0.273. The van der Waals surface area contributed by atoms with Gasteiger partial charge in [-0.3, -0.25) is 9.59 Å². The van der Waals surface area contributed by atoms with Crippen molar-refractivity contribution in [3.8, 4) is 0 Å². The van der Waals surface area contributed by atoms with Crippen LogP contribution in [-0.2, 0) is 16.0 Å². The Balaban J connectivity index is 3.08. The van der Waals surface area contributed by atoms with Crippen LogP contribution in [-0.4, -0.2) is 16.9 Å². The molecule has 1 unspecified atom stereocenters. The maximum atomic E-state index is 11.2. The number of halogens is 2. The summed E-state index contributed by atoms with van der Waals surface area (Å²) in [5.74, 6) is -1.09. The summed E-state index contributed by atoms with van der Waals surface area (Å²) < 4.78 is 0.705. The van der Waals surface area contributed by atoms with Gasteiger partial charge in [-0.1, -0.05) is 28.1 Å². The monoisotopic (exact) mass is 304 g/mol. The minimum atomic E-state index is -0.915. The molecule has 0 aromatic heterocycles. The molecule has 1 atom stereocenters. The van der Waals surface area contributed by atoms with Gasteiger partial charge in [-0.15, -0.1) is 11.6 Å². The van der Waals surface area contributed by atoms with E-state index in [0.717, 1.165) is 0 Å². The van der Waals surface area contributed by atoms with E-state index < -0.39 is 11.3 Å². The minimum absolute atomic E-state index is 0.0816. The predicted molar refractivity (Wildman–Crippen MR) is 64.8 cm³/mol. The Hall–Kier alpha value is -0.870. The van der Waals surface area contributed by atoms with E-state index in [4.69, 9.17) is 16.7 Å². The van der Waals surface area contributed by atoms with Gasteiger partial charge in [0.2, 0.25) is 0 Å². The highest BCUT2D eigenvalue weighted by molar-refractivity contribution is 9.10. The first-order valence-corrected chi connectivity index (χ1v) is 5.79. The van der Waals surface area contributed by atoms with E-state index in [1.54, 1.807) is 18.2 Å². The summed E-state index contributed by atoms with van der Waals surface area (Å²) >= 11 is 9.21. The maximum absolute atomic E-state index is 11.2. The van der Waals surface area contributed by atoms with Gasteiger partial charge in [0.15, 0.2) is 5.78 Å². The predicted octanol–water partition coefficient (Wildman–Crippen LogP) is 2.95. The number of alkyl halides is 1. The number of carbonyl (C=O) groups is 2. The number of benzene rings is 1. The molecule has 0 aliphatic rings. The van der Waals surface area contributed by atoms with Gasteiger partial charge in [-0.2, -0.15) is 0 Å². The Bertz CT molecular complexity index is 431. The lowest BCUT2D eigenvalue weighted by Gasteiger charge is -2.10. The van der Waals surface area contributed by atoms with Crippen molar-refractivity contribution in [3.63, 3.8) is 0 Å². The van der Waals surface area contributed by atoms with Crippen molar-refractivity contribution in [3.05, 3.63) is 33.8 Å². The van der Waals surface area contributed by atoms with Gasteiger partial charge in [0.1, 0.15) is 5.38 Å². The molecule has 0 spiro atoms. The van der Waals surface area contributed by atoms with Crippen LogP contribution in [0.4, 0.5) is 0 Å². The fourth-order valence-corrected chi connectivity index (χ4v) is 2.08. The normalized spacial score (nSPS) is 12.2. The molecule has 0 aliphatic heterocycles. The maximum Gasteiger partial charge on any atom is 0.307 e. The highest BCUT2D eigenvalue weighted by Gasteiger charge is 2.17. The van der Waals surface area contributed by atoms with Crippen molar-refractivity contribution in [2.45, 2.75) is 18.7 Å². The molecule has 0 saturated heterocycles. The van der Waals surface area contributed by atoms with Gasteiger partial charge in [0.05, 0.1) is 6.42 Å². The van der Waals surface area contributed by atoms with E-state index in [1.165, 1.54) is 6.92 Å². The lowest BCUT2D eigenvalue weighted by molar-refractivity contribution is -0.136. The molecule has 0 heterocycles. The Labute approximate surface area is 107 Å². The van der Waals surface area contributed by atoms with Crippen molar-refractivity contribution < 1.29 is 14.7 Å². The van der Waals surface area contributed by atoms with Crippen LogP contribution >= 0.6 is 27.5 Å². The number of hydrogen-bond acceptors (Lipinski definition) is 2.